The second-order valence-corrected chi connectivity index (χ2v) is 5.85. The van der Waals surface area contributed by atoms with Crippen molar-refractivity contribution in [2.75, 3.05) is 26.2 Å². The maximum atomic E-state index is 12.2. The van der Waals surface area contributed by atoms with Crippen LogP contribution in [0.3, 0.4) is 0 Å². The zero-order valence-corrected chi connectivity index (χ0v) is 13.1. The number of aliphatic hydroxyl groups is 1. The highest BCUT2D eigenvalue weighted by Gasteiger charge is 2.25. The molecule has 0 aliphatic carbocycles. The van der Waals surface area contributed by atoms with E-state index in [1.165, 1.54) is 6.92 Å². The Morgan fingerprint density at radius 1 is 1.32 bits per heavy atom. The van der Waals surface area contributed by atoms with Crippen LogP contribution in [0.2, 0.25) is 0 Å². The number of likely N-dealkylation sites (tertiary alicyclic amines) is 1. The van der Waals surface area contributed by atoms with Gasteiger partial charge in [-0.25, -0.2) is 0 Å². The van der Waals surface area contributed by atoms with Crippen LogP contribution in [0, 0.1) is 5.92 Å². The summed E-state index contributed by atoms with van der Waals surface area (Å²) in [6.07, 6.45) is 1.20. The average molecular weight is 304 g/mol. The number of hydrogen-bond donors (Lipinski definition) is 1. The van der Waals surface area contributed by atoms with E-state index >= 15 is 0 Å². The molecular formula is C17H24N2O3. The van der Waals surface area contributed by atoms with Crippen molar-refractivity contribution in [2.45, 2.75) is 26.3 Å². The molecule has 0 radical (unpaired) electrons. The predicted molar refractivity (Wildman–Crippen MR) is 83.9 cm³/mol. The third kappa shape index (κ3) is 4.56. The molecule has 5 heteroatoms. The van der Waals surface area contributed by atoms with Gasteiger partial charge in [0.1, 0.15) is 0 Å². The van der Waals surface area contributed by atoms with Crippen molar-refractivity contribution in [3.63, 3.8) is 0 Å². The van der Waals surface area contributed by atoms with E-state index < -0.39 is 0 Å². The van der Waals surface area contributed by atoms with E-state index in [9.17, 15) is 9.59 Å². The maximum absolute atomic E-state index is 12.2. The van der Waals surface area contributed by atoms with Crippen molar-refractivity contribution in [1.29, 1.82) is 0 Å². The highest BCUT2D eigenvalue weighted by Crippen LogP contribution is 2.16. The monoisotopic (exact) mass is 304 g/mol. The Morgan fingerprint density at radius 3 is 2.64 bits per heavy atom. The van der Waals surface area contributed by atoms with Crippen molar-refractivity contribution in [3.05, 3.63) is 35.9 Å². The summed E-state index contributed by atoms with van der Waals surface area (Å²) in [7, 11) is 0. The van der Waals surface area contributed by atoms with Crippen LogP contribution < -0.4 is 0 Å². The van der Waals surface area contributed by atoms with Crippen molar-refractivity contribution in [1.82, 2.24) is 9.80 Å². The largest absolute Gasteiger partial charge is 0.396 e. The van der Waals surface area contributed by atoms with Crippen molar-refractivity contribution >= 4 is 11.8 Å². The average Bonchev–Trinajstić information content (AvgIpc) is 3.01. The molecule has 1 aromatic carbocycles. The van der Waals surface area contributed by atoms with Crippen LogP contribution >= 0.6 is 0 Å². The lowest BCUT2D eigenvalue weighted by Gasteiger charge is -2.23. The number of amides is 2. The lowest BCUT2D eigenvalue weighted by molar-refractivity contribution is -0.133. The molecule has 0 saturated carbocycles. The number of carbonyl (C=O) groups excluding carboxylic acids is 2. The van der Waals surface area contributed by atoms with Crippen molar-refractivity contribution in [3.8, 4) is 0 Å². The summed E-state index contributed by atoms with van der Waals surface area (Å²) in [4.78, 5) is 27.4. The summed E-state index contributed by atoms with van der Waals surface area (Å²) in [5, 5.41) is 9.13. The Labute approximate surface area is 131 Å². The normalized spacial score (nSPS) is 17.5. The van der Waals surface area contributed by atoms with Gasteiger partial charge < -0.3 is 14.9 Å². The molecule has 1 saturated heterocycles. The second-order valence-electron chi connectivity index (χ2n) is 5.85. The third-order valence-corrected chi connectivity index (χ3v) is 4.15. The van der Waals surface area contributed by atoms with Crippen LogP contribution in [-0.2, 0) is 16.1 Å². The summed E-state index contributed by atoms with van der Waals surface area (Å²) >= 11 is 0. The molecule has 0 bridgehead atoms. The Morgan fingerprint density at radius 2 is 2.05 bits per heavy atom. The number of carbonyl (C=O) groups is 2. The first-order valence-corrected chi connectivity index (χ1v) is 7.78. The fraction of sp³-hybridized carbons (Fsp3) is 0.529. The first kappa shape index (κ1) is 16.5. The smallest absolute Gasteiger partial charge is 0.224 e. The number of rotatable bonds is 6. The van der Waals surface area contributed by atoms with Crippen LogP contribution in [0.4, 0.5) is 0 Å². The minimum atomic E-state index is -0.0219. The molecule has 22 heavy (non-hydrogen) atoms. The van der Waals surface area contributed by atoms with Gasteiger partial charge in [-0.15, -0.1) is 0 Å². The van der Waals surface area contributed by atoms with Crippen LogP contribution in [-0.4, -0.2) is 53.0 Å². The number of hydrogen-bond acceptors (Lipinski definition) is 3. The van der Waals surface area contributed by atoms with Gasteiger partial charge in [0, 0.05) is 52.0 Å². The van der Waals surface area contributed by atoms with Gasteiger partial charge in [0.2, 0.25) is 11.8 Å². The number of nitrogens with zero attached hydrogens (tertiary/aromatic N) is 2. The van der Waals surface area contributed by atoms with Gasteiger partial charge in [-0.1, -0.05) is 30.3 Å². The quantitative estimate of drug-likeness (QED) is 0.861. The molecule has 2 rings (SSSR count). The SMILES string of the molecule is CC(=O)N(CCC(=O)N1CCC(CO)C1)Cc1ccccc1. The molecule has 5 nitrogen and oxygen atoms in total. The summed E-state index contributed by atoms with van der Waals surface area (Å²) in [5.74, 6) is 0.249. The minimum Gasteiger partial charge on any atom is -0.396 e. The summed E-state index contributed by atoms with van der Waals surface area (Å²) < 4.78 is 0. The van der Waals surface area contributed by atoms with E-state index in [4.69, 9.17) is 5.11 Å². The lowest BCUT2D eigenvalue weighted by atomic mass is 10.1. The first-order chi connectivity index (χ1) is 10.6. The molecule has 1 N–H and O–H groups in total. The lowest BCUT2D eigenvalue weighted by Crippen LogP contribution is -2.35. The molecule has 1 heterocycles. The fourth-order valence-corrected chi connectivity index (χ4v) is 2.75. The molecule has 120 valence electrons. The molecule has 1 aliphatic heterocycles. The van der Waals surface area contributed by atoms with Crippen LogP contribution in [0.5, 0.6) is 0 Å². The Balaban J connectivity index is 1.84. The number of aliphatic hydroxyl groups excluding tert-OH is 1. The van der Waals surface area contributed by atoms with Gasteiger partial charge in [-0.3, -0.25) is 9.59 Å². The van der Waals surface area contributed by atoms with Gasteiger partial charge in [-0.2, -0.15) is 0 Å². The summed E-state index contributed by atoms with van der Waals surface area (Å²) in [5.41, 5.74) is 1.06. The number of benzene rings is 1. The Bertz CT molecular complexity index is 504. The molecule has 0 aromatic heterocycles. The van der Waals surface area contributed by atoms with E-state index in [1.807, 2.05) is 30.3 Å². The summed E-state index contributed by atoms with van der Waals surface area (Å²) in [6, 6.07) is 9.78. The Kier molecular flexibility index (Phi) is 5.95. The molecule has 1 aliphatic rings. The van der Waals surface area contributed by atoms with E-state index in [0.717, 1.165) is 12.0 Å². The fourth-order valence-electron chi connectivity index (χ4n) is 2.75. The minimum absolute atomic E-state index is 0.0219. The molecule has 1 fully saturated rings. The van der Waals surface area contributed by atoms with E-state index in [1.54, 1.807) is 9.80 Å². The van der Waals surface area contributed by atoms with Crippen molar-refractivity contribution < 1.29 is 14.7 Å². The zero-order chi connectivity index (χ0) is 15.9. The van der Waals surface area contributed by atoms with Gasteiger partial charge in [0.15, 0.2) is 0 Å². The third-order valence-electron chi connectivity index (χ3n) is 4.15. The Hall–Kier alpha value is -1.88. The standard InChI is InChI=1S/C17H24N2O3/c1-14(21)18(11-15-5-3-2-4-6-15)10-8-17(22)19-9-7-16(12-19)13-20/h2-6,16,20H,7-13H2,1H3. The molecule has 1 unspecified atom stereocenters. The van der Waals surface area contributed by atoms with E-state index in [0.29, 0.717) is 32.6 Å². The topological polar surface area (TPSA) is 60.9 Å². The van der Waals surface area contributed by atoms with Crippen molar-refractivity contribution in [2.24, 2.45) is 5.92 Å². The van der Waals surface area contributed by atoms with E-state index in [-0.39, 0.29) is 24.3 Å². The predicted octanol–water partition coefficient (Wildman–Crippen LogP) is 1.27. The zero-order valence-electron chi connectivity index (χ0n) is 13.1. The van der Waals surface area contributed by atoms with Crippen LogP contribution in [0.1, 0.15) is 25.3 Å². The maximum Gasteiger partial charge on any atom is 0.224 e. The molecular weight excluding hydrogens is 280 g/mol. The highest BCUT2D eigenvalue weighted by molar-refractivity contribution is 5.78. The van der Waals surface area contributed by atoms with Gasteiger partial charge in [0.05, 0.1) is 0 Å². The highest BCUT2D eigenvalue weighted by atomic mass is 16.3. The van der Waals surface area contributed by atoms with Gasteiger partial charge in [-0.05, 0) is 12.0 Å². The van der Waals surface area contributed by atoms with Gasteiger partial charge in [0.25, 0.3) is 0 Å². The molecule has 2 amide bonds. The molecule has 0 spiro atoms. The van der Waals surface area contributed by atoms with Crippen LogP contribution in [0.25, 0.3) is 0 Å². The second kappa shape index (κ2) is 7.94. The molecule has 1 aromatic rings. The van der Waals surface area contributed by atoms with E-state index in [2.05, 4.69) is 0 Å². The first-order valence-electron chi connectivity index (χ1n) is 7.78. The van der Waals surface area contributed by atoms with Crippen LogP contribution in [0.15, 0.2) is 30.3 Å². The van der Waals surface area contributed by atoms with Gasteiger partial charge >= 0.3 is 0 Å². The molecule has 1 atom stereocenters. The summed E-state index contributed by atoms with van der Waals surface area (Å²) in [6.45, 7) is 3.98.